The zero-order valence-corrected chi connectivity index (χ0v) is 13.9. The van der Waals surface area contributed by atoms with Gasteiger partial charge >= 0.3 is 0 Å². The predicted molar refractivity (Wildman–Crippen MR) is 96.5 cm³/mol. The molecule has 4 heteroatoms. The topological polar surface area (TPSA) is 38.3 Å². The highest BCUT2D eigenvalue weighted by Crippen LogP contribution is 2.35. The van der Waals surface area contributed by atoms with E-state index in [0.29, 0.717) is 5.75 Å². The van der Waals surface area contributed by atoms with Crippen LogP contribution in [0.1, 0.15) is 18.1 Å². The Morgan fingerprint density at radius 1 is 1.04 bits per heavy atom. The monoisotopic (exact) mass is 335 g/mol. The van der Waals surface area contributed by atoms with Gasteiger partial charge in [0.05, 0.1) is 0 Å². The van der Waals surface area contributed by atoms with E-state index in [4.69, 9.17) is 4.74 Å². The van der Waals surface area contributed by atoms with Gasteiger partial charge in [-0.3, -0.25) is 4.79 Å². The van der Waals surface area contributed by atoms with E-state index in [1.807, 2.05) is 18.2 Å². The van der Waals surface area contributed by atoms with Crippen LogP contribution in [0.3, 0.4) is 0 Å². The average molecular weight is 335 g/mol. The molecule has 1 aliphatic rings. The zero-order chi connectivity index (χ0) is 17.4. The maximum Gasteiger partial charge on any atom is 0.265 e. The third kappa shape index (κ3) is 2.95. The summed E-state index contributed by atoms with van der Waals surface area (Å²) >= 11 is 0. The molecule has 0 aromatic heterocycles. The van der Waals surface area contributed by atoms with Gasteiger partial charge in [-0.05, 0) is 66.6 Å². The van der Waals surface area contributed by atoms with Crippen LogP contribution in [-0.2, 0) is 17.6 Å². The van der Waals surface area contributed by atoms with Crippen LogP contribution in [0.4, 0.5) is 10.1 Å². The van der Waals surface area contributed by atoms with Crippen molar-refractivity contribution in [3.8, 4) is 5.75 Å². The Balaban J connectivity index is 1.55. The van der Waals surface area contributed by atoms with E-state index in [9.17, 15) is 9.18 Å². The van der Waals surface area contributed by atoms with Crippen LogP contribution < -0.4 is 10.1 Å². The molecule has 0 radical (unpaired) electrons. The number of hydrogen-bond acceptors (Lipinski definition) is 2. The lowest BCUT2D eigenvalue weighted by atomic mass is 10.0. The highest BCUT2D eigenvalue weighted by Gasteiger charge is 2.19. The molecule has 0 aliphatic heterocycles. The standard InChI is InChI=1S/C21H18FNO2/c1-13(25-17-10-8-16(22)9-11-17)21(24)23-19-12-7-15-6-5-14-3-2-4-18(19)20(14)15/h2-4,7-13H,5-6H2,1H3,(H,23,24)/t13-/m0/s1. The molecule has 3 aromatic rings. The van der Waals surface area contributed by atoms with Gasteiger partial charge in [0.25, 0.3) is 5.91 Å². The van der Waals surface area contributed by atoms with Gasteiger partial charge in [-0.2, -0.15) is 0 Å². The fourth-order valence-electron chi connectivity index (χ4n) is 3.36. The largest absolute Gasteiger partial charge is 0.481 e. The Labute approximate surface area is 145 Å². The van der Waals surface area contributed by atoms with Crippen molar-refractivity contribution >= 4 is 22.4 Å². The summed E-state index contributed by atoms with van der Waals surface area (Å²) in [6.07, 6.45) is 1.41. The average Bonchev–Trinajstić information content (AvgIpc) is 3.04. The second-order valence-electron chi connectivity index (χ2n) is 6.32. The number of amides is 1. The molecule has 0 fully saturated rings. The van der Waals surface area contributed by atoms with Crippen molar-refractivity contribution in [2.24, 2.45) is 0 Å². The number of benzene rings is 3. The maximum absolute atomic E-state index is 13.0. The minimum absolute atomic E-state index is 0.233. The number of nitrogens with one attached hydrogen (secondary N) is 1. The number of carbonyl (C=O) groups is 1. The van der Waals surface area contributed by atoms with E-state index < -0.39 is 6.10 Å². The van der Waals surface area contributed by atoms with E-state index in [2.05, 4.69) is 17.4 Å². The molecule has 0 saturated carbocycles. The van der Waals surface area contributed by atoms with Crippen molar-refractivity contribution in [1.82, 2.24) is 0 Å². The Bertz CT molecular complexity index is 940. The SMILES string of the molecule is C[C@H](Oc1ccc(F)cc1)C(=O)Nc1ccc2c3c(cccc13)CC2. The van der Waals surface area contributed by atoms with Crippen molar-refractivity contribution in [2.45, 2.75) is 25.9 Å². The third-order valence-electron chi connectivity index (χ3n) is 4.63. The second-order valence-corrected chi connectivity index (χ2v) is 6.32. The fraction of sp³-hybridized carbons (Fsp3) is 0.190. The first-order valence-electron chi connectivity index (χ1n) is 8.38. The van der Waals surface area contributed by atoms with E-state index in [0.717, 1.165) is 23.9 Å². The van der Waals surface area contributed by atoms with Crippen LogP contribution in [0, 0.1) is 5.82 Å². The number of aryl methyl sites for hydroxylation is 2. The Morgan fingerprint density at radius 3 is 2.52 bits per heavy atom. The van der Waals surface area contributed by atoms with Crippen molar-refractivity contribution < 1.29 is 13.9 Å². The summed E-state index contributed by atoms with van der Waals surface area (Å²) in [6, 6.07) is 15.9. The summed E-state index contributed by atoms with van der Waals surface area (Å²) in [5.41, 5.74) is 3.46. The van der Waals surface area contributed by atoms with Crippen LogP contribution >= 0.6 is 0 Å². The van der Waals surface area contributed by atoms with Gasteiger partial charge < -0.3 is 10.1 Å². The smallest absolute Gasteiger partial charge is 0.265 e. The van der Waals surface area contributed by atoms with Gasteiger partial charge in [-0.1, -0.05) is 24.3 Å². The molecule has 1 amide bonds. The summed E-state index contributed by atoms with van der Waals surface area (Å²) in [4.78, 5) is 12.5. The molecule has 1 N–H and O–H groups in total. The second kappa shape index (κ2) is 6.20. The number of hydrogen-bond donors (Lipinski definition) is 1. The third-order valence-corrected chi connectivity index (χ3v) is 4.63. The quantitative estimate of drug-likeness (QED) is 0.763. The summed E-state index contributed by atoms with van der Waals surface area (Å²) in [6.45, 7) is 1.68. The van der Waals surface area contributed by atoms with Crippen LogP contribution in [0.15, 0.2) is 54.6 Å². The van der Waals surface area contributed by atoms with Crippen molar-refractivity contribution in [1.29, 1.82) is 0 Å². The Hall–Kier alpha value is -2.88. The molecule has 0 saturated heterocycles. The molecule has 0 bridgehead atoms. The van der Waals surface area contributed by atoms with E-state index in [1.165, 1.54) is 40.8 Å². The van der Waals surface area contributed by atoms with Crippen LogP contribution in [-0.4, -0.2) is 12.0 Å². The lowest BCUT2D eigenvalue weighted by Crippen LogP contribution is -2.30. The molecular formula is C21H18FNO2. The van der Waals surface area contributed by atoms with Crippen molar-refractivity contribution in [3.05, 3.63) is 71.5 Å². The first-order chi connectivity index (χ1) is 12.1. The number of ether oxygens (including phenoxy) is 1. The van der Waals surface area contributed by atoms with Gasteiger partial charge in [0.1, 0.15) is 11.6 Å². The maximum atomic E-state index is 13.0. The number of rotatable bonds is 4. The molecule has 126 valence electrons. The zero-order valence-electron chi connectivity index (χ0n) is 13.9. The molecule has 0 heterocycles. The van der Waals surface area contributed by atoms with Gasteiger partial charge in [0.2, 0.25) is 0 Å². The molecule has 1 atom stereocenters. The molecule has 1 aliphatic carbocycles. The van der Waals surface area contributed by atoms with Gasteiger partial charge in [-0.25, -0.2) is 4.39 Å². The molecule has 3 nitrogen and oxygen atoms in total. The highest BCUT2D eigenvalue weighted by atomic mass is 19.1. The van der Waals surface area contributed by atoms with Crippen molar-refractivity contribution in [2.75, 3.05) is 5.32 Å². The molecule has 0 spiro atoms. The number of halogens is 1. The normalized spacial score (nSPS) is 13.7. The van der Waals surface area contributed by atoms with Gasteiger partial charge in [0.15, 0.2) is 6.10 Å². The van der Waals surface area contributed by atoms with Crippen LogP contribution in [0.25, 0.3) is 10.8 Å². The minimum Gasteiger partial charge on any atom is -0.481 e. The molecule has 3 aromatic carbocycles. The number of carbonyl (C=O) groups excluding carboxylic acids is 1. The summed E-state index contributed by atoms with van der Waals surface area (Å²) in [5.74, 6) is -0.107. The van der Waals surface area contributed by atoms with E-state index in [1.54, 1.807) is 6.92 Å². The lowest BCUT2D eigenvalue weighted by molar-refractivity contribution is -0.122. The minimum atomic E-state index is -0.687. The van der Waals surface area contributed by atoms with Crippen LogP contribution in [0.5, 0.6) is 5.75 Å². The van der Waals surface area contributed by atoms with E-state index >= 15 is 0 Å². The number of anilines is 1. The molecular weight excluding hydrogens is 317 g/mol. The Morgan fingerprint density at radius 2 is 1.76 bits per heavy atom. The van der Waals surface area contributed by atoms with E-state index in [-0.39, 0.29) is 11.7 Å². The van der Waals surface area contributed by atoms with Crippen LogP contribution in [0.2, 0.25) is 0 Å². The summed E-state index contributed by atoms with van der Waals surface area (Å²) < 4.78 is 18.6. The fourth-order valence-corrected chi connectivity index (χ4v) is 3.36. The summed E-state index contributed by atoms with van der Waals surface area (Å²) in [7, 11) is 0. The molecule has 25 heavy (non-hydrogen) atoms. The summed E-state index contributed by atoms with van der Waals surface area (Å²) in [5, 5.41) is 5.28. The molecule has 4 rings (SSSR count). The first kappa shape index (κ1) is 15.6. The molecule has 0 unspecified atom stereocenters. The van der Waals surface area contributed by atoms with Gasteiger partial charge in [0, 0.05) is 11.1 Å². The van der Waals surface area contributed by atoms with Gasteiger partial charge in [-0.15, -0.1) is 0 Å². The lowest BCUT2D eigenvalue weighted by Gasteiger charge is -2.16. The predicted octanol–water partition coefficient (Wildman–Crippen LogP) is 4.48. The van der Waals surface area contributed by atoms with Crippen molar-refractivity contribution in [3.63, 3.8) is 0 Å². The highest BCUT2D eigenvalue weighted by molar-refractivity contribution is 6.06. The Kier molecular flexibility index (Phi) is 3.88. The first-order valence-corrected chi connectivity index (χ1v) is 8.38.